The van der Waals surface area contributed by atoms with Gasteiger partial charge in [0.2, 0.25) is 0 Å². The van der Waals surface area contributed by atoms with Gasteiger partial charge in [0.15, 0.2) is 17.3 Å². The molecule has 0 aliphatic carbocycles. The zero-order valence-electron chi connectivity index (χ0n) is 11.6. The van der Waals surface area contributed by atoms with Gasteiger partial charge in [-0.05, 0) is 35.9 Å². The third-order valence-corrected chi connectivity index (χ3v) is 2.74. The first-order valence-corrected chi connectivity index (χ1v) is 6.10. The molecule has 110 valence electrons. The normalized spacial score (nSPS) is 10.7. The van der Waals surface area contributed by atoms with E-state index in [4.69, 9.17) is 9.47 Å². The summed E-state index contributed by atoms with van der Waals surface area (Å²) < 4.78 is 36.4. The second kappa shape index (κ2) is 6.69. The molecule has 0 atom stereocenters. The van der Waals surface area contributed by atoms with E-state index < -0.39 is 11.6 Å². The molecule has 2 aromatic rings. The second-order valence-electron chi connectivity index (χ2n) is 4.11. The Morgan fingerprint density at radius 1 is 1.00 bits per heavy atom. The molecule has 6 heteroatoms. The highest BCUT2D eigenvalue weighted by Gasteiger charge is 2.04. The summed E-state index contributed by atoms with van der Waals surface area (Å²) in [7, 11) is 3.08. The summed E-state index contributed by atoms with van der Waals surface area (Å²) in [4.78, 5) is 0. The first-order chi connectivity index (χ1) is 10.1. The second-order valence-corrected chi connectivity index (χ2v) is 4.11. The van der Waals surface area contributed by atoms with Crippen LogP contribution in [0.2, 0.25) is 0 Å². The van der Waals surface area contributed by atoms with Crippen LogP contribution in [0.5, 0.6) is 11.5 Å². The third-order valence-electron chi connectivity index (χ3n) is 2.74. The molecule has 1 N–H and O–H groups in total. The summed E-state index contributed by atoms with van der Waals surface area (Å²) in [5, 5.41) is 3.90. The van der Waals surface area contributed by atoms with Crippen molar-refractivity contribution < 1.29 is 18.3 Å². The Labute approximate surface area is 121 Å². The molecular formula is C15H14F2N2O2. The van der Waals surface area contributed by atoms with Crippen LogP contribution in [0, 0.1) is 11.6 Å². The number of rotatable bonds is 5. The number of anilines is 1. The summed E-state index contributed by atoms with van der Waals surface area (Å²) in [6.45, 7) is 0. The first-order valence-electron chi connectivity index (χ1n) is 6.10. The molecule has 0 unspecified atom stereocenters. The Kier molecular flexibility index (Phi) is 4.71. The van der Waals surface area contributed by atoms with Crippen molar-refractivity contribution >= 4 is 11.9 Å². The summed E-state index contributed by atoms with van der Waals surface area (Å²) in [5.74, 6) is -0.178. The quantitative estimate of drug-likeness (QED) is 0.678. The molecule has 0 saturated heterocycles. The summed E-state index contributed by atoms with van der Waals surface area (Å²) in [5.41, 5.74) is 3.34. The standard InChI is InChI=1S/C15H14F2N2O2/c1-20-14-6-3-10(7-15(14)21-2)9-18-19-13-5-4-11(16)8-12(13)17/h3-9,19H,1-2H3/b18-9-. The number of hydrazone groups is 1. The summed E-state index contributed by atoms with van der Waals surface area (Å²) >= 11 is 0. The molecular weight excluding hydrogens is 278 g/mol. The SMILES string of the molecule is COc1ccc(/C=N\Nc2ccc(F)cc2F)cc1OC. The Bertz CT molecular complexity index is 660. The van der Waals surface area contributed by atoms with Crippen molar-refractivity contribution in [2.75, 3.05) is 19.6 Å². The summed E-state index contributed by atoms with van der Waals surface area (Å²) in [6.07, 6.45) is 1.49. The Balaban J connectivity index is 2.11. The molecule has 0 aliphatic rings. The van der Waals surface area contributed by atoms with E-state index in [9.17, 15) is 8.78 Å². The molecule has 0 aliphatic heterocycles. The zero-order valence-corrected chi connectivity index (χ0v) is 11.6. The van der Waals surface area contributed by atoms with E-state index in [-0.39, 0.29) is 5.69 Å². The van der Waals surface area contributed by atoms with Gasteiger partial charge >= 0.3 is 0 Å². The van der Waals surface area contributed by atoms with E-state index in [1.54, 1.807) is 25.3 Å². The predicted molar refractivity (Wildman–Crippen MR) is 77.1 cm³/mol. The zero-order chi connectivity index (χ0) is 15.2. The van der Waals surface area contributed by atoms with Gasteiger partial charge in [-0.1, -0.05) is 0 Å². The Hall–Kier alpha value is -2.63. The minimum atomic E-state index is -0.709. The monoisotopic (exact) mass is 292 g/mol. The lowest BCUT2D eigenvalue weighted by atomic mass is 10.2. The molecule has 0 spiro atoms. The average Bonchev–Trinajstić information content (AvgIpc) is 2.49. The number of nitrogens with zero attached hydrogens (tertiary/aromatic N) is 1. The maximum Gasteiger partial charge on any atom is 0.161 e. The number of hydrogen-bond donors (Lipinski definition) is 1. The lowest BCUT2D eigenvalue weighted by Gasteiger charge is -2.07. The molecule has 0 heterocycles. The third kappa shape index (κ3) is 3.68. The van der Waals surface area contributed by atoms with Crippen molar-refractivity contribution in [1.29, 1.82) is 0 Å². The van der Waals surface area contributed by atoms with Gasteiger partial charge in [-0.25, -0.2) is 8.78 Å². The number of halogens is 2. The van der Waals surface area contributed by atoms with E-state index in [1.807, 2.05) is 0 Å². The van der Waals surface area contributed by atoms with Crippen LogP contribution < -0.4 is 14.9 Å². The molecule has 0 aromatic heterocycles. The topological polar surface area (TPSA) is 42.8 Å². The lowest BCUT2D eigenvalue weighted by Crippen LogP contribution is -1.95. The Morgan fingerprint density at radius 3 is 2.43 bits per heavy atom. The van der Waals surface area contributed by atoms with E-state index in [1.165, 1.54) is 19.4 Å². The van der Waals surface area contributed by atoms with Gasteiger partial charge in [-0.15, -0.1) is 0 Å². The van der Waals surface area contributed by atoms with Crippen LogP contribution in [0.15, 0.2) is 41.5 Å². The van der Waals surface area contributed by atoms with Crippen LogP contribution >= 0.6 is 0 Å². The van der Waals surface area contributed by atoms with Gasteiger partial charge in [-0.2, -0.15) is 5.10 Å². The molecule has 0 radical (unpaired) electrons. The van der Waals surface area contributed by atoms with Crippen molar-refractivity contribution in [3.8, 4) is 11.5 Å². The number of hydrogen-bond acceptors (Lipinski definition) is 4. The van der Waals surface area contributed by atoms with Crippen molar-refractivity contribution in [2.45, 2.75) is 0 Å². The molecule has 0 bridgehead atoms. The maximum atomic E-state index is 13.4. The van der Waals surface area contributed by atoms with Gasteiger partial charge in [0, 0.05) is 6.07 Å². The molecule has 2 aromatic carbocycles. The molecule has 4 nitrogen and oxygen atoms in total. The van der Waals surface area contributed by atoms with Crippen LogP contribution in [0.25, 0.3) is 0 Å². The highest BCUT2D eigenvalue weighted by atomic mass is 19.1. The van der Waals surface area contributed by atoms with Crippen molar-refractivity contribution in [1.82, 2.24) is 0 Å². The molecule has 0 amide bonds. The molecule has 21 heavy (non-hydrogen) atoms. The van der Waals surface area contributed by atoms with E-state index in [0.29, 0.717) is 11.5 Å². The van der Waals surface area contributed by atoms with Crippen molar-refractivity contribution in [2.24, 2.45) is 5.10 Å². The largest absolute Gasteiger partial charge is 0.493 e. The minimum absolute atomic E-state index is 0.0909. The van der Waals surface area contributed by atoms with Crippen LogP contribution in [-0.4, -0.2) is 20.4 Å². The minimum Gasteiger partial charge on any atom is -0.493 e. The van der Waals surface area contributed by atoms with Gasteiger partial charge < -0.3 is 9.47 Å². The molecule has 2 rings (SSSR count). The van der Waals surface area contributed by atoms with E-state index in [0.717, 1.165) is 17.7 Å². The smallest absolute Gasteiger partial charge is 0.161 e. The lowest BCUT2D eigenvalue weighted by molar-refractivity contribution is 0.355. The highest BCUT2D eigenvalue weighted by Crippen LogP contribution is 2.26. The van der Waals surface area contributed by atoms with Gasteiger partial charge in [0.05, 0.1) is 26.1 Å². The fourth-order valence-electron chi connectivity index (χ4n) is 1.69. The highest BCUT2D eigenvalue weighted by molar-refractivity contribution is 5.81. The number of methoxy groups -OCH3 is 2. The van der Waals surface area contributed by atoms with Crippen LogP contribution in [0.1, 0.15) is 5.56 Å². The van der Waals surface area contributed by atoms with Gasteiger partial charge in [0.1, 0.15) is 5.82 Å². The fraction of sp³-hybridized carbons (Fsp3) is 0.133. The molecule has 0 saturated carbocycles. The maximum absolute atomic E-state index is 13.4. The number of ether oxygens (including phenoxy) is 2. The predicted octanol–water partition coefficient (Wildman–Crippen LogP) is 3.43. The van der Waals surface area contributed by atoms with Gasteiger partial charge in [-0.3, -0.25) is 5.43 Å². The first kappa shape index (κ1) is 14.8. The van der Waals surface area contributed by atoms with Crippen LogP contribution in [0.4, 0.5) is 14.5 Å². The van der Waals surface area contributed by atoms with Crippen LogP contribution in [0.3, 0.4) is 0 Å². The van der Waals surface area contributed by atoms with E-state index in [2.05, 4.69) is 10.5 Å². The van der Waals surface area contributed by atoms with Crippen molar-refractivity contribution in [3.63, 3.8) is 0 Å². The number of benzene rings is 2. The van der Waals surface area contributed by atoms with Gasteiger partial charge in [0.25, 0.3) is 0 Å². The fourth-order valence-corrected chi connectivity index (χ4v) is 1.69. The van der Waals surface area contributed by atoms with Crippen molar-refractivity contribution in [3.05, 3.63) is 53.6 Å². The van der Waals surface area contributed by atoms with Crippen LogP contribution in [-0.2, 0) is 0 Å². The Morgan fingerprint density at radius 2 is 1.76 bits per heavy atom. The van der Waals surface area contributed by atoms with E-state index >= 15 is 0 Å². The average molecular weight is 292 g/mol. The molecule has 0 fully saturated rings. The number of nitrogens with one attached hydrogen (secondary N) is 1. The summed E-state index contributed by atoms with van der Waals surface area (Å²) in [6, 6.07) is 8.44.